The highest BCUT2D eigenvalue weighted by atomic mass is 19.1. The van der Waals surface area contributed by atoms with E-state index in [1.54, 1.807) is 0 Å². The Balaban J connectivity index is 2.19. The zero-order valence-electron chi connectivity index (χ0n) is 12.0. The number of rotatable bonds is 1. The highest BCUT2D eigenvalue weighted by molar-refractivity contribution is 5.80. The van der Waals surface area contributed by atoms with Crippen LogP contribution in [-0.2, 0) is 6.54 Å². The molecule has 2 aromatic carbocycles. The Bertz CT molecular complexity index is 710. The molecule has 0 saturated carbocycles. The van der Waals surface area contributed by atoms with Gasteiger partial charge in [-0.1, -0.05) is 30.3 Å². The van der Waals surface area contributed by atoms with Crippen LogP contribution in [0, 0.1) is 11.6 Å². The maximum absolute atomic E-state index is 14.2. The lowest BCUT2D eigenvalue weighted by molar-refractivity contribution is 0.500. The van der Waals surface area contributed by atoms with Gasteiger partial charge in [0.1, 0.15) is 17.7 Å². The van der Waals surface area contributed by atoms with E-state index in [-0.39, 0.29) is 0 Å². The second-order valence-corrected chi connectivity index (χ2v) is 5.30. The van der Waals surface area contributed by atoms with Gasteiger partial charge in [0.05, 0.1) is 5.84 Å². The number of amidine groups is 1. The van der Waals surface area contributed by atoms with Gasteiger partial charge in [0, 0.05) is 25.2 Å². The van der Waals surface area contributed by atoms with Crippen LogP contribution >= 0.6 is 0 Å². The summed E-state index contributed by atoms with van der Waals surface area (Å²) in [5.41, 5.74) is 2.47. The molecule has 0 bridgehead atoms. The van der Waals surface area contributed by atoms with Crippen LogP contribution in [0.4, 0.5) is 8.78 Å². The second kappa shape index (κ2) is 5.28. The molecular formula is C17H16F2N2. The van der Waals surface area contributed by atoms with E-state index >= 15 is 0 Å². The molecular weight excluding hydrogens is 270 g/mol. The third kappa shape index (κ3) is 2.53. The number of halogens is 2. The van der Waals surface area contributed by atoms with Gasteiger partial charge in [0.15, 0.2) is 0 Å². The van der Waals surface area contributed by atoms with E-state index in [0.29, 0.717) is 5.56 Å². The van der Waals surface area contributed by atoms with Gasteiger partial charge in [-0.05, 0) is 24.1 Å². The van der Waals surface area contributed by atoms with Crippen LogP contribution in [0.5, 0.6) is 0 Å². The maximum atomic E-state index is 14.2. The average Bonchev–Trinajstić information content (AvgIpc) is 2.57. The highest BCUT2D eigenvalue weighted by Crippen LogP contribution is 2.33. The minimum atomic E-state index is -0.573. The van der Waals surface area contributed by atoms with Crippen molar-refractivity contribution >= 4 is 5.84 Å². The van der Waals surface area contributed by atoms with Crippen molar-refractivity contribution in [1.29, 1.82) is 0 Å². The Morgan fingerprint density at radius 2 is 1.86 bits per heavy atom. The number of hydrogen-bond acceptors (Lipinski definition) is 2. The zero-order valence-corrected chi connectivity index (χ0v) is 12.0. The van der Waals surface area contributed by atoms with Crippen LogP contribution in [0.1, 0.15) is 29.7 Å². The molecule has 21 heavy (non-hydrogen) atoms. The first-order valence-corrected chi connectivity index (χ1v) is 6.84. The van der Waals surface area contributed by atoms with Gasteiger partial charge in [0.2, 0.25) is 0 Å². The lowest BCUT2D eigenvalue weighted by Crippen LogP contribution is -2.22. The summed E-state index contributed by atoms with van der Waals surface area (Å²) in [4.78, 5) is 6.67. The van der Waals surface area contributed by atoms with Crippen molar-refractivity contribution in [3.63, 3.8) is 0 Å². The van der Waals surface area contributed by atoms with Crippen LogP contribution in [-0.4, -0.2) is 17.8 Å². The molecule has 0 amide bonds. The van der Waals surface area contributed by atoms with Gasteiger partial charge in [-0.15, -0.1) is 0 Å². The normalized spacial score (nSPS) is 18.0. The Morgan fingerprint density at radius 1 is 1.10 bits per heavy atom. The lowest BCUT2D eigenvalue weighted by atomic mass is 9.94. The largest absolute Gasteiger partial charge is 0.359 e. The molecule has 0 N–H and O–H groups in total. The molecule has 2 nitrogen and oxygen atoms in total. The molecule has 1 heterocycles. The lowest BCUT2D eigenvalue weighted by Gasteiger charge is -2.16. The minimum Gasteiger partial charge on any atom is -0.359 e. The van der Waals surface area contributed by atoms with Crippen molar-refractivity contribution in [2.24, 2.45) is 4.99 Å². The quantitative estimate of drug-likeness (QED) is 0.776. The summed E-state index contributed by atoms with van der Waals surface area (Å²) in [7, 11) is 1.96. The van der Waals surface area contributed by atoms with E-state index in [2.05, 4.69) is 4.99 Å². The number of fused-ring (bicyclic) bond motifs is 1. The van der Waals surface area contributed by atoms with E-state index in [1.165, 1.54) is 12.1 Å². The summed E-state index contributed by atoms with van der Waals surface area (Å²) >= 11 is 0. The smallest absolute Gasteiger partial charge is 0.131 e. The van der Waals surface area contributed by atoms with E-state index in [4.69, 9.17) is 0 Å². The number of nitrogens with zero attached hydrogens (tertiary/aromatic N) is 2. The van der Waals surface area contributed by atoms with E-state index < -0.39 is 17.7 Å². The SMILES string of the molecule is CC1=N[C@H](c2ccc(F)cc2F)c2ccccc2CN1C. The standard InChI is InChI=1S/C17H16F2N2/c1-11-20-17(15-8-7-13(18)9-16(15)19)14-6-4-3-5-12(14)10-21(11)2/h3-9,17H,10H2,1-2H3/t17-/m0/s1. The van der Waals surface area contributed by atoms with Crippen LogP contribution in [0.15, 0.2) is 47.5 Å². The van der Waals surface area contributed by atoms with Gasteiger partial charge < -0.3 is 4.90 Å². The van der Waals surface area contributed by atoms with Crippen molar-refractivity contribution in [2.75, 3.05) is 7.05 Å². The fourth-order valence-corrected chi connectivity index (χ4v) is 2.63. The van der Waals surface area contributed by atoms with Crippen molar-refractivity contribution < 1.29 is 8.78 Å². The number of hydrogen-bond donors (Lipinski definition) is 0. The summed E-state index contributed by atoms with van der Waals surface area (Å²) in [6.45, 7) is 2.63. The van der Waals surface area contributed by atoms with Crippen LogP contribution in [0.3, 0.4) is 0 Å². The summed E-state index contributed by atoms with van der Waals surface area (Å²) in [5.74, 6) is -0.299. The molecule has 1 aliphatic rings. The first kappa shape index (κ1) is 13.7. The molecule has 3 rings (SSSR count). The Morgan fingerprint density at radius 3 is 2.62 bits per heavy atom. The third-order valence-corrected chi connectivity index (χ3v) is 3.88. The molecule has 0 aromatic heterocycles. The minimum absolute atomic E-state index is 0.401. The Labute approximate surface area is 122 Å². The fraction of sp³-hybridized carbons (Fsp3) is 0.235. The van der Waals surface area contributed by atoms with Crippen LogP contribution < -0.4 is 0 Å². The summed E-state index contributed by atoms with van der Waals surface area (Å²) in [5, 5.41) is 0. The first-order valence-electron chi connectivity index (χ1n) is 6.84. The molecule has 0 fully saturated rings. The molecule has 1 atom stereocenters. The maximum Gasteiger partial charge on any atom is 0.131 e. The molecule has 108 valence electrons. The van der Waals surface area contributed by atoms with Crippen LogP contribution in [0.25, 0.3) is 0 Å². The molecule has 0 aliphatic carbocycles. The molecule has 0 spiro atoms. The predicted molar refractivity (Wildman–Crippen MR) is 79.2 cm³/mol. The molecule has 4 heteroatoms. The fourth-order valence-electron chi connectivity index (χ4n) is 2.63. The highest BCUT2D eigenvalue weighted by Gasteiger charge is 2.24. The molecule has 0 radical (unpaired) electrons. The third-order valence-electron chi connectivity index (χ3n) is 3.88. The summed E-state index contributed by atoms with van der Waals surface area (Å²) in [6, 6.07) is 11.1. The van der Waals surface area contributed by atoms with E-state index in [0.717, 1.165) is 29.6 Å². The van der Waals surface area contributed by atoms with Crippen molar-refractivity contribution in [2.45, 2.75) is 19.5 Å². The second-order valence-electron chi connectivity index (χ2n) is 5.30. The van der Waals surface area contributed by atoms with Gasteiger partial charge in [-0.25, -0.2) is 8.78 Å². The predicted octanol–water partition coefficient (Wildman–Crippen LogP) is 3.92. The zero-order chi connectivity index (χ0) is 15.0. The topological polar surface area (TPSA) is 15.6 Å². The van der Waals surface area contributed by atoms with Gasteiger partial charge in [-0.3, -0.25) is 4.99 Å². The van der Waals surface area contributed by atoms with Crippen molar-refractivity contribution in [3.05, 3.63) is 70.8 Å². The monoisotopic (exact) mass is 286 g/mol. The van der Waals surface area contributed by atoms with Crippen molar-refractivity contribution in [1.82, 2.24) is 4.90 Å². The Hall–Kier alpha value is -2.23. The van der Waals surface area contributed by atoms with E-state index in [9.17, 15) is 8.78 Å². The average molecular weight is 286 g/mol. The summed E-state index contributed by atoms with van der Waals surface area (Å²) < 4.78 is 27.3. The van der Waals surface area contributed by atoms with Crippen molar-refractivity contribution in [3.8, 4) is 0 Å². The Kier molecular flexibility index (Phi) is 3.45. The summed E-state index contributed by atoms with van der Waals surface area (Å²) in [6.07, 6.45) is 0. The van der Waals surface area contributed by atoms with Gasteiger partial charge in [-0.2, -0.15) is 0 Å². The number of benzene rings is 2. The molecule has 0 saturated heterocycles. The van der Waals surface area contributed by atoms with Crippen LogP contribution in [0.2, 0.25) is 0 Å². The van der Waals surface area contributed by atoms with Gasteiger partial charge in [0.25, 0.3) is 0 Å². The first-order chi connectivity index (χ1) is 10.1. The molecule has 1 aliphatic heterocycles. The van der Waals surface area contributed by atoms with E-state index in [1.807, 2.05) is 43.1 Å². The molecule has 2 aromatic rings. The number of aliphatic imine (C=N–C) groups is 1. The molecule has 0 unspecified atom stereocenters. The van der Waals surface area contributed by atoms with Gasteiger partial charge >= 0.3 is 0 Å².